The molecular formula is C15H9Br2IN2O. The summed E-state index contributed by atoms with van der Waals surface area (Å²) < 4.78 is 8.25. The number of hydrogen-bond donors (Lipinski definition) is 1. The molecular weight excluding hydrogens is 511 g/mol. The van der Waals surface area contributed by atoms with Gasteiger partial charge in [0.2, 0.25) is 5.88 Å². The Labute approximate surface area is 152 Å². The predicted octanol–water partition coefficient (Wildman–Crippen LogP) is 5.72. The Kier molecular flexibility index (Phi) is 4.37. The molecule has 0 bridgehead atoms. The van der Waals surface area contributed by atoms with Gasteiger partial charge in [0.05, 0.1) is 5.56 Å². The summed E-state index contributed by atoms with van der Waals surface area (Å²) in [6.07, 6.45) is 0. The normalized spacial score (nSPS) is 10.8. The van der Waals surface area contributed by atoms with E-state index in [9.17, 15) is 0 Å². The van der Waals surface area contributed by atoms with Crippen LogP contribution in [0.15, 0.2) is 55.9 Å². The SMILES string of the molecule is Nc1onc(-c2cc(I)ccc2Br)c1-c1ccccc1Br. The Balaban J connectivity index is 2.27. The zero-order valence-electron chi connectivity index (χ0n) is 10.6. The van der Waals surface area contributed by atoms with Crippen LogP contribution in [0, 0.1) is 3.57 Å². The number of halogens is 3. The lowest BCUT2D eigenvalue weighted by molar-refractivity contribution is 0.439. The molecule has 6 heteroatoms. The second-order valence-electron chi connectivity index (χ2n) is 4.37. The van der Waals surface area contributed by atoms with Gasteiger partial charge in [-0.05, 0) is 46.9 Å². The van der Waals surface area contributed by atoms with Gasteiger partial charge in [-0.25, -0.2) is 0 Å². The molecule has 2 N–H and O–H groups in total. The summed E-state index contributed by atoms with van der Waals surface area (Å²) >= 11 is 9.39. The quantitative estimate of drug-likeness (QED) is 0.441. The zero-order valence-corrected chi connectivity index (χ0v) is 15.9. The van der Waals surface area contributed by atoms with E-state index in [2.05, 4.69) is 59.6 Å². The maximum absolute atomic E-state index is 6.00. The summed E-state index contributed by atoms with van der Waals surface area (Å²) in [5.41, 5.74) is 9.43. The van der Waals surface area contributed by atoms with E-state index in [0.29, 0.717) is 5.88 Å². The number of nitrogens with two attached hydrogens (primary N) is 1. The number of nitrogens with zero attached hydrogens (tertiary/aromatic N) is 1. The van der Waals surface area contributed by atoms with Gasteiger partial charge in [-0.2, -0.15) is 0 Å². The van der Waals surface area contributed by atoms with Gasteiger partial charge in [-0.15, -0.1) is 0 Å². The molecule has 0 fully saturated rings. The van der Waals surface area contributed by atoms with E-state index < -0.39 is 0 Å². The van der Waals surface area contributed by atoms with Gasteiger partial charge in [0, 0.05) is 23.6 Å². The molecule has 21 heavy (non-hydrogen) atoms. The molecule has 3 nitrogen and oxygen atoms in total. The third-order valence-electron chi connectivity index (χ3n) is 3.05. The highest BCUT2D eigenvalue weighted by Gasteiger charge is 2.20. The lowest BCUT2D eigenvalue weighted by Gasteiger charge is -2.07. The highest BCUT2D eigenvalue weighted by atomic mass is 127. The Hall–Kier alpha value is -0.860. The summed E-state index contributed by atoms with van der Waals surface area (Å²) in [6, 6.07) is 13.9. The molecule has 0 amide bonds. The zero-order chi connectivity index (χ0) is 15.0. The van der Waals surface area contributed by atoms with E-state index in [4.69, 9.17) is 10.3 Å². The second-order valence-corrected chi connectivity index (χ2v) is 7.33. The van der Waals surface area contributed by atoms with Gasteiger partial charge in [-0.1, -0.05) is 55.2 Å². The smallest absolute Gasteiger partial charge is 0.230 e. The molecule has 2 aromatic carbocycles. The van der Waals surface area contributed by atoms with Gasteiger partial charge < -0.3 is 10.3 Å². The third kappa shape index (κ3) is 2.89. The van der Waals surface area contributed by atoms with Crippen molar-refractivity contribution in [1.29, 1.82) is 0 Å². The summed E-state index contributed by atoms with van der Waals surface area (Å²) in [5.74, 6) is 0.308. The van der Waals surface area contributed by atoms with Crippen LogP contribution in [0.1, 0.15) is 0 Å². The Morgan fingerprint density at radius 1 is 1.00 bits per heavy atom. The molecule has 0 atom stereocenters. The molecule has 0 aliphatic carbocycles. The van der Waals surface area contributed by atoms with Crippen molar-refractivity contribution >= 4 is 60.3 Å². The molecule has 0 aliphatic rings. The topological polar surface area (TPSA) is 52.0 Å². The molecule has 0 spiro atoms. The van der Waals surface area contributed by atoms with Crippen LogP contribution in [0.25, 0.3) is 22.4 Å². The van der Waals surface area contributed by atoms with E-state index in [0.717, 1.165) is 34.9 Å². The minimum atomic E-state index is 0.308. The number of nitrogen functional groups attached to an aromatic ring is 1. The van der Waals surface area contributed by atoms with E-state index in [-0.39, 0.29) is 0 Å². The first kappa shape index (κ1) is 15.1. The standard InChI is InChI=1S/C15H9Br2IN2O/c16-11-4-2-1-3-9(11)13-14(20-21-15(13)19)10-7-8(18)5-6-12(10)17/h1-7H,19H2. The van der Waals surface area contributed by atoms with E-state index >= 15 is 0 Å². The summed E-state index contributed by atoms with van der Waals surface area (Å²) in [7, 11) is 0. The average Bonchev–Trinajstić information content (AvgIpc) is 2.84. The fraction of sp³-hybridized carbons (Fsp3) is 0. The first-order valence-corrected chi connectivity index (χ1v) is 8.70. The molecule has 0 saturated heterocycles. The van der Waals surface area contributed by atoms with Crippen molar-refractivity contribution in [3.05, 3.63) is 55.0 Å². The number of anilines is 1. The molecule has 0 aliphatic heterocycles. The van der Waals surface area contributed by atoms with Crippen molar-refractivity contribution in [2.45, 2.75) is 0 Å². The number of aromatic nitrogens is 1. The van der Waals surface area contributed by atoms with Crippen molar-refractivity contribution in [2.24, 2.45) is 0 Å². The van der Waals surface area contributed by atoms with Crippen molar-refractivity contribution in [3.8, 4) is 22.4 Å². The van der Waals surface area contributed by atoms with Crippen LogP contribution in [0.3, 0.4) is 0 Å². The van der Waals surface area contributed by atoms with Gasteiger partial charge in [0.1, 0.15) is 5.69 Å². The molecule has 1 aromatic heterocycles. The molecule has 106 valence electrons. The average molecular weight is 520 g/mol. The van der Waals surface area contributed by atoms with Crippen molar-refractivity contribution < 1.29 is 4.52 Å². The van der Waals surface area contributed by atoms with Crippen LogP contribution in [0.4, 0.5) is 5.88 Å². The van der Waals surface area contributed by atoms with Gasteiger partial charge in [0.25, 0.3) is 0 Å². The van der Waals surface area contributed by atoms with E-state index in [1.807, 2.05) is 42.5 Å². The maximum atomic E-state index is 6.00. The monoisotopic (exact) mass is 518 g/mol. The summed E-state index contributed by atoms with van der Waals surface area (Å²) in [6.45, 7) is 0. The minimum absolute atomic E-state index is 0.308. The summed E-state index contributed by atoms with van der Waals surface area (Å²) in [5, 5.41) is 4.15. The molecule has 1 heterocycles. The highest BCUT2D eigenvalue weighted by Crippen LogP contribution is 2.41. The van der Waals surface area contributed by atoms with Crippen LogP contribution in [0.2, 0.25) is 0 Å². The minimum Gasteiger partial charge on any atom is -0.367 e. The fourth-order valence-corrected chi connectivity index (χ4v) is 3.50. The number of benzene rings is 2. The number of rotatable bonds is 2. The lowest BCUT2D eigenvalue weighted by Crippen LogP contribution is -1.90. The molecule has 3 rings (SSSR count). The van der Waals surface area contributed by atoms with Crippen LogP contribution in [-0.2, 0) is 0 Å². The van der Waals surface area contributed by atoms with Crippen LogP contribution >= 0.6 is 54.5 Å². The van der Waals surface area contributed by atoms with Gasteiger partial charge in [0.15, 0.2) is 0 Å². The van der Waals surface area contributed by atoms with Crippen LogP contribution < -0.4 is 5.73 Å². The Morgan fingerprint density at radius 2 is 1.71 bits per heavy atom. The Bertz CT molecular complexity index is 817. The van der Waals surface area contributed by atoms with E-state index in [1.165, 1.54) is 0 Å². The first-order chi connectivity index (χ1) is 10.1. The van der Waals surface area contributed by atoms with Crippen LogP contribution in [0.5, 0.6) is 0 Å². The fourth-order valence-electron chi connectivity index (χ4n) is 2.09. The highest BCUT2D eigenvalue weighted by molar-refractivity contribution is 14.1. The van der Waals surface area contributed by atoms with Crippen LogP contribution in [-0.4, -0.2) is 5.16 Å². The van der Waals surface area contributed by atoms with Crippen molar-refractivity contribution in [1.82, 2.24) is 5.16 Å². The molecule has 0 saturated carbocycles. The van der Waals surface area contributed by atoms with Gasteiger partial charge >= 0.3 is 0 Å². The van der Waals surface area contributed by atoms with E-state index in [1.54, 1.807) is 0 Å². The molecule has 3 aromatic rings. The summed E-state index contributed by atoms with van der Waals surface area (Å²) in [4.78, 5) is 0. The van der Waals surface area contributed by atoms with Crippen molar-refractivity contribution in [3.63, 3.8) is 0 Å². The third-order valence-corrected chi connectivity index (χ3v) is 5.10. The molecule has 0 radical (unpaired) electrons. The largest absolute Gasteiger partial charge is 0.367 e. The first-order valence-electron chi connectivity index (χ1n) is 6.03. The van der Waals surface area contributed by atoms with Crippen molar-refractivity contribution in [2.75, 3.05) is 5.73 Å². The maximum Gasteiger partial charge on any atom is 0.230 e. The van der Waals surface area contributed by atoms with Gasteiger partial charge in [-0.3, -0.25) is 0 Å². The molecule has 0 unspecified atom stereocenters. The Morgan fingerprint density at radius 3 is 2.48 bits per heavy atom. The lowest BCUT2D eigenvalue weighted by atomic mass is 10.0. The number of hydrogen-bond acceptors (Lipinski definition) is 3. The predicted molar refractivity (Wildman–Crippen MR) is 99.9 cm³/mol. The second kappa shape index (κ2) is 6.10.